The van der Waals surface area contributed by atoms with Crippen LogP contribution in [0.2, 0.25) is 0 Å². The molecule has 0 atom stereocenters. The highest BCUT2D eigenvalue weighted by atomic mass is 16.3. The molecule has 0 fully saturated rings. The van der Waals surface area contributed by atoms with Gasteiger partial charge in [0.05, 0.1) is 0 Å². The van der Waals surface area contributed by atoms with Crippen LogP contribution in [0.3, 0.4) is 0 Å². The number of hydrogen-bond acceptors (Lipinski definition) is 4. The van der Waals surface area contributed by atoms with Gasteiger partial charge in [-0.2, -0.15) is 0 Å². The fraction of sp³-hybridized carbons (Fsp3) is 0. The van der Waals surface area contributed by atoms with Crippen LogP contribution >= 0.6 is 0 Å². The number of carbonyl (C=O) groups is 1. The molecule has 0 radical (unpaired) electrons. The molecule has 0 amide bonds. The molecule has 2 aromatic carbocycles. The average molecular weight is 238 g/mol. The van der Waals surface area contributed by atoms with Crippen LogP contribution in [0, 0.1) is 0 Å². The molecule has 4 nitrogen and oxygen atoms in total. The zero-order chi connectivity index (χ0) is 12.5. The summed E-state index contributed by atoms with van der Waals surface area (Å²) in [6, 6.07) is 12.1. The van der Waals surface area contributed by atoms with Crippen LogP contribution in [-0.2, 0) is 0 Å². The van der Waals surface area contributed by atoms with E-state index in [-0.39, 0.29) is 5.78 Å². The Bertz CT molecular complexity index is 731. The van der Waals surface area contributed by atoms with Crippen molar-refractivity contribution in [1.29, 1.82) is 0 Å². The van der Waals surface area contributed by atoms with Crippen molar-refractivity contribution >= 4 is 22.6 Å². The summed E-state index contributed by atoms with van der Waals surface area (Å²) in [4.78, 5) is 16.3. The summed E-state index contributed by atoms with van der Waals surface area (Å²) in [5.74, 6) is -0.0828. The van der Waals surface area contributed by atoms with Gasteiger partial charge in [-0.25, -0.2) is 4.98 Å². The third-order valence-corrected chi connectivity index (χ3v) is 2.74. The van der Waals surface area contributed by atoms with Gasteiger partial charge < -0.3 is 10.2 Å². The summed E-state index contributed by atoms with van der Waals surface area (Å²) < 4.78 is 5.18. The number of nitrogen functional groups attached to an aromatic ring is 1. The third kappa shape index (κ3) is 1.73. The van der Waals surface area contributed by atoms with E-state index in [1.165, 1.54) is 6.39 Å². The van der Waals surface area contributed by atoms with Crippen molar-refractivity contribution in [2.24, 2.45) is 0 Å². The minimum Gasteiger partial charge on any atom is -0.443 e. The Balaban J connectivity index is 2.06. The summed E-state index contributed by atoms with van der Waals surface area (Å²) >= 11 is 0. The lowest BCUT2D eigenvalue weighted by molar-refractivity contribution is 0.103. The van der Waals surface area contributed by atoms with E-state index in [2.05, 4.69) is 4.98 Å². The smallest absolute Gasteiger partial charge is 0.193 e. The fourth-order valence-corrected chi connectivity index (χ4v) is 1.84. The van der Waals surface area contributed by atoms with Gasteiger partial charge in [-0.05, 0) is 30.3 Å². The highest BCUT2D eigenvalue weighted by Crippen LogP contribution is 2.18. The molecule has 1 aromatic heterocycles. The highest BCUT2D eigenvalue weighted by molar-refractivity contribution is 6.10. The van der Waals surface area contributed by atoms with Crippen molar-refractivity contribution in [2.45, 2.75) is 0 Å². The third-order valence-electron chi connectivity index (χ3n) is 2.74. The second kappa shape index (κ2) is 4.00. The SMILES string of the molecule is Nc1cccc(C(=O)c2ccc3ncoc3c2)c1. The van der Waals surface area contributed by atoms with E-state index in [1.807, 2.05) is 0 Å². The van der Waals surface area contributed by atoms with E-state index >= 15 is 0 Å². The first-order chi connectivity index (χ1) is 8.74. The number of nitrogens with zero attached hydrogens (tertiary/aromatic N) is 1. The number of oxazole rings is 1. The van der Waals surface area contributed by atoms with E-state index < -0.39 is 0 Å². The lowest BCUT2D eigenvalue weighted by Crippen LogP contribution is -2.01. The van der Waals surface area contributed by atoms with Crippen molar-refractivity contribution in [2.75, 3.05) is 5.73 Å². The number of aromatic nitrogens is 1. The van der Waals surface area contributed by atoms with Gasteiger partial charge in [0.25, 0.3) is 0 Å². The summed E-state index contributed by atoms with van der Waals surface area (Å²) in [6.07, 6.45) is 1.36. The number of hydrogen-bond donors (Lipinski definition) is 1. The fourth-order valence-electron chi connectivity index (χ4n) is 1.84. The minimum absolute atomic E-state index is 0.0828. The van der Waals surface area contributed by atoms with E-state index in [0.717, 1.165) is 5.52 Å². The molecule has 3 aromatic rings. The quantitative estimate of drug-likeness (QED) is 0.550. The van der Waals surface area contributed by atoms with Crippen LogP contribution in [0.25, 0.3) is 11.1 Å². The van der Waals surface area contributed by atoms with Crippen LogP contribution in [-0.4, -0.2) is 10.8 Å². The largest absolute Gasteiger partial charge is 0.443 e. The van der Waals surface area contributed by atoms with Gasteiger partial charge in [-0.15, -0.1) is 0 Å². The Hall–Kier alpha value is -2.62. The van der Waals surface area contributed by atoms with E-state index in [0.29, 0.717) is 22.4 Å². The first kappa shape index (κ1) is 10.5. The van der Waals surface area contributed by atoms with Gasteiger partial charge in [-0.1, -0.05) is 12.1 Å². The number of ketones is 1. The Morgan fingerprint density at radius 2 is 1.94 bits per heavy atom. The van der Waals surface area contributed by atoms with Gasteiger partial charge in [0.15, 0.2) is 17.8 Å². The summed E-state index contributed by atoms with van der Waals surface area (Å²) in [7, 11) is 0. The topological polar surface area (TPSA) is 69.1 Å². The Morgan fingerprint density at radius 3 is 2.78 bits per heavy atom. The minimum atomic E-state index is -0.0828. The van der Waals surface area contributed by atoms with Crippen molar-refractivity contribution < 1.29 is 9.21 Å². The molecule has 0 unspecified atom stereocenters. The molecule has 0 aliphatic heterocycles. The Kier molecular flexibility index (Phi) is 2.34. The lowest BCUT2D eigenvalue weighted by atomic mass is 10.0. The molecule has 0 spiro atoms. The van der Waals surface area contributed by atoms with E-state index in [4.69, 9.17) is 10.2 Å². The van der Waals surface area contributed by atoms with Crippen molar-refractivity contribution in [1.82, 2.24) is 4.98 Å². The number of fused-ring (bicyclic) bond motifs is 1. The van der Waals surface area contributed by atoms with E-state index in [1.54, 1.807) is 42.5 Å². The molecule has 4 heteroatoms. The molecule has 0 saturated heterocycles. The Labute approximate surface area is 103 Å². The predicted molar refractivity (Wildman–Crippen MR) is 68.3 cm³/mol. The molecule has 0 saturated carbocycles. The Morgan fingerprint density at radius 1 is 1.11 bits per heavy atom. The number of carbonyl (C=O) groups excluding carboxylic acids is 1. The lowest BCUT2D eigenvalue weighted by Gasteiger charge is -2.02. The maximum atomic E-state index is 12.2. The number of benzene rings is 2. The second-order valence-electron chi connectivity index (χ2n) is 3.99. The monoisotopic (exact) mass is 238 g/mol. The molecule has 3 rings (SSSR count). The molecule has 0 aliphatic rings. The highest BCUT2D eigenvalue weighted by Gasteiger charge is 2.11. The molecule has 18 heavy (non-hydrogen) atoms. The van der Waals surface area contributed by atoms with Gasteiger partial charge >= 0.3 is 0 Å². The van der Waals surface area contributed by atoms with Crippen LogP contribution in [0.15, 0.2) is 53.3 Å². The predicted octanol–water partition coefficient (Wildman–Crippen LogP) is 2.64. The van der Waals surface area contributed by atoms with Crippen LogP contribution in [0.4, 0.5) is 5.69 Å². The molecule has 2 N–H and O–H groups in total. The van der Waals surface area contributed by atoms with Gasteiger partial charge in [0, 0.05) is 16.8 Å². The van der Waals surface area contributed by atoms with Gasteiger partial charge in [-0.3, -0.25) is 4.79 Å². The zero-order valence-corrected chi connectivity index (χ0v) is 9.46. The zero-order valence-electron chi connectivity index (χ0n) is 9.46. The van der Waals surface area contributed by atoms with Crippen molar-refractivity contribution in [3.8, 4) is 0 Å². The number of anilines is 1. The van der Waals surface area contributed by atoms with Gasteiger partial charge in [0.2, 0.25) is 0 Å². The van der Waals surface area contributed by atoms with Crippen molar-refractivity contribution in [3.63, 3.8) is 0 Å². The van der Waals surface area contributed by atoms with Crippen molar-refractivity contribution in [3.05, 3.63) is 60.0 Å². The number of nitrogens with two attached hydrogens (primary N) is 1. The second-order valence-corrected chi connectivity index (χ2v) is 3.99. The summed E-state index contributed by atoms with van der Waals surface area (Å²) in [5, 5.41) is 0. The molecular formula is C14H10N2O2. The average Bonchev–Trinajstić information content (AvgIpc) is 2.85. The molecule has 0 bridgehead atoms. The molecular weight excluding hydrogens is 228 g/mol. The van der Waals surface area contributed by atoms with Crippen LogP contribution < -0.4 is 5.73 Å². The van der Waals surface area contributed by atoms with Crippen LogP contribution in [0.1, 0.15) is 15.9 Å². The summed E-state index contributed by atoms with van der Waals surface area (Å²) in [6.45, 7) is 0. The number of rotatable bonds is 2. The molecule has 0 aliphatic carbocycles. The molecule has 88 valence electrons. The standard InChI is InChI=1S/C14H10N2O2/c15-11-3-1-2-9(6-11)14(17)10-4-5-12-13(7-10)18-8-16-12/h1-8H,15H2. The maximum absolute atomic E-state index is 12.2. The molecule has 1 heterocycles. The van der Waals surface area contributed by atoms with E-state index in [9.17, 15) is 4.79 Å². The summed E-state index contributed by atoms with van der Waals surface area (Å²) in [5.41, 5.74) is 8.70. The first-order valence-electron chi connectivity index (χ1n) is 5.47. The maximum Gasteiger partial charge on any atom is 0.193 e. The van der Waals surface area contributed by atoms with Gasteiger partial charge in [0.1, 0.15) is 5.52 Å². The van der Waals surface area contributed by atoms with Crippen LogP contribution in [0.5, 0.6) is 0 Å². The first-order valence-corrected chi connectivity index (χ1v) is 5.47. The normalized spacial score (nSPS) is 10.7.